The first-order chi connectivity index (χ1) is 13.4. The van der Waals surface area contributed by atoms with Crippen LogP contribution < -0.4 is 10.2 Å². The molecule has 1 amide bonds. The van der Waals surface area contributed by atoms with Gasteiger partial charge in [-0.2, -0.15) is 0 Å². The van der Waals surface area contributed by atoms with Crippen LogP contribution >= 0.6 is 11.6 Å². The molecule has 8 heteroatoms. The highest BCUT2D eigenvalue weighted by Gasteiger charge is 2.18. The van der Waals surface area contributed by atoms with Gasteiger partial charge in [0.2, 0.25) is 5.91 Å². The van der Waals surface area contributed by atoms with Gasteiger partial charge in [-0.25, -0.2) is 0 Å². The maximum Gasteiger partial charge on any atom is 0.276 e. The first-order valence-corrected chi connectivity index (χ1v) is 9.27. The van der Waals surface area contributed by atoms with Crippen molar-refractivity contribution in [1.29, 1.82) is 0 Å². The Hall–Kier alpha value is -2.90. The molecule has 1 saturated heterocycles. The van der Waals surface area contributed by atoms with Crippen molar-refractivity contribution in [1.82, 2.24) is 4.90 Å². The standard InChI is InChI=1S/C20H21ClN4O3/c1-23-10-12-24(13-11-23)19-8-7-16(21)14-17(19)22-20(26)9-6-15-4-2-3-5-18(15)25(27)28/h2-9,14H,10-13H2,1H3,(H,22,26). The molecule has 0 atom stereocenters. The van der Waals surface area contributed by atoms with Gasteiger partial charge in [0, 0.05) is 43.3 Å². The van der Waals surface area contributed by atoms with Crippen molar-refractivity contribution in [2.24, 2.45) is 0 Å². The number of hydrogen-bond donors (Lipinski definition) is 1. The molecule has 2 aromatic rings. The molecule has 3 rings (SSSR count). The van der Waals surface area contributed by atoms with Gasteiger partial charge in [-0.05, 0) is 37.4 Å². The van der Waals surface area contributed by atoms with E-state index in [0.717, 1.165) is 31.9 Å². The van der Waals surface area contributed by atoms with Crippen molar-refractivity contribution in [2.45, 2.75) is 0 Å². The van der Waals surface area contributed by atoms with Gasteiger partial charge in [0.05, 0.1) is 21.9 Å². The van der Waals surface area contributed by atoms with Crippen LogP contribution in [0.1, 0.15) is 5.56 Å². The van der Waals surface area contributed by atoms with Gasteiger partial charge in [-0.1, -0.05) is 23.7 Å². The third-order valence-corrected chi connectivity index (χ3v) is 4.84. The number of amides is 1. The van der Waals surface area contributed by atoms with Crippen molar-refractivity contribution in [3.05, 3.63) is 69.2 Å². The molecule has 0 saturated carbocycles. The maximum atomic E-state index is 12.4. The van der Waals surface area contributed by atoms with E-state index in [2.05, 4.69) is 22.2 Å². The number of halogens is 1. The lowest BCUT2D eigenvalue weighted by molar-refractivity contribution is -0.385. The Morgan fingerprint density at radius 2 is 1.89 bits per heavy atom. The Balaban J connectivity index is 1.77. The molecule has 1 N–H and O–H groups in total. The van der Waals surface area contributed by atoms with E-state index < -0.39 is 4.92 Å². The molecule has 7 nitrogen and oxygen atoms in total. The summed E-state index contributed by atoms with van der Waals surface area (Å²) in [4.78, 5) is 27.5. The number of rotatable bonds is 5. The lowest BCUT2D eigenvalue weighted by Gasteiger charge is -2.35. The third kappa shape index (κ3) is 4.88. The minimum absolute atomic E-state index is 0.0487. The molecular formula is C20H21ClN4O3. The predicted octanol–water partition coefficient (Wildman–Crippen LogP) is 3.65. The topological polar surface area (TPSA) is 78.7 Å². The molecule has 0 aliphatic carbocycles. The number of para-hydroxylation sites is 1. The van der Waals surface area contributed by atoms with E-state index in [-0.39, 0.29) is 11.6 Å². The smallest absolute Gasteiger partial charge is 0.276 e. The summed E-state index contributed by atoms with van der Waals surface area (Å²) in [6.45, 7) is 3.58. The Morgan fingerprint density at radius 1 is 1.18 bits per heavy atom. The van der Waals surface area contributed by atoms with E-state index in [1.807, 2.05) is 6.07 Å². The molecule has 146 valence electrons. The van der Waals surface area contributed by atoms with Gasteiger partial charge in [0.15, 0.2) is 0 Å². The summed E-state index contributed by atoms with van der Waals surface area (Å²) < 4.78 is 0. The minimum Gasteiger partial charge on any atom is -0.367 e. The highest BCUT2D eigenvalue weighted by atomic mass is 35.5. The molecule has 0 bridgehead atoms. The molecule has 0 unspecified atom stereocenters. The van der Waals surface area contributed by atoms with Crippen molar-refractivity contribution in [2.75, 3.05) is 43.4 Å². The molecule has 1 aliphatic heterocycles. The summed E-state index contributed by atoms with van der Waals surface area (Å²) in [5, 5.41) is 14.5. The number of nitrogens with zero attached hydrogens (tertiary/aromatic N) is 3. The molecule has 1 heterocycles. The van der Waals surface area contributed by atoms with Gasteiger partial charge >= 0.3 is 0 Å². The quantitative estimate of drug-likeness (QED) is 0.471. The van der Waals surface area contributed by atoms with Crippen molar-refractivity contribution < 1.29 is 9.72 Å². The van der Waals surface area contributed by atoms with Crippen LogP contribution in [0.25, 0.3) is 6.08 Å². The monoisotopic (exact) mass is 400 g/mol. The first-order valence-electron chi connectivity index (χ1n) is 8.89. The average molecular weight is 401 g/mol. The molecule has 1 fully saturated rings. The summed E-state index contributed by atoms with van der Waals surface area (Å²) >= 11 is 6.12. The second kappa shape index (κ2) is 8.86. The number of carbonyl (C=O) groups is 1. The predicted molar refractivity (Wildman–Crippen MR) is 112 cm³/mol. The zero-order valence-electron chi connectivity index (χ0n) is 15.5. The highest BCUT2D eigenvalue weighted by molar-refractivity contribution is 6.31. The maximum absolute atomic E-state index is 12.4. The lowest BCUT2D eigenvalue weighted by atomic mass is 10.1. The summed E-state index contributed by atoms with van der Waals surface area (Å²) in [6, 6.07) is 11.7. The number of hydrogen-bond acceptors (Lipinski definition) is 5. The Morgan fingerprint density at radius 3 is 2.61 bits per heavy atom. The number of anilines is 2. The van der Waals surface area contributed by atoms with Gasteiger partial charge < -0.3 is 15.1 Å². The molecule has 0 radical (unpaired) electrons. The minimum atomic E-state index is -0.472. The largest absolute Gasteiger partial charge is 0.367 e. The van der Waals surface area contributed by atoms with Crippen LogP contribution in [0.5, 0.6) is 0 Å². The van der Waals surface area contributed by atoms with Crippen molar-refractivity contribution in [3.63, 3.8) is 0 Å². The lowest BCUT2D eigenvalue weighted by Crippen LogP contribution is -2.44. The van der Waals surface area contributed by atoms with Crippen LogP contribution in [0.4, 0.5) is 17.1 Å². The number of nitrogens with one attached hydrogen (secondary N) is 1. The fourth-order valence-corrected chi connectivity index (χ4v) is 3.24. The van der Waals surface area contributed by atoms with Crippen LogP contribution in [0.3, 0.4) is 0 Å². The number of piperazine rings is 1. The van der Waals surface area contributed by atoms with E-state index in [0.29, 0.717) is 16.3 Å². The number of nitro benzene ring substituents is 1. The zero-order valence-corrected chi connectivity index (χ0v) is 16.2. The second-order valence-electron chi connectivity index (χ2n) is 6.59. The molecule has 0 spiro atoms. The van der Waals surface area contributed by atoms with Gasteiger partial charge in [-0.15, -0.1) is 0 Å². The van der Waals surface area contributed by atoms with Gasteiger partial charge in [-0.3, -0.25) is 14.9 Å². The summed E-state index contributed by atoms with van der Waals surface area (Å²) in [5.74, 6) is -0.379. The molecule has 28 heavy (non-hydrogen) atoms. The third-order valence-electron chi connectivity index (χ3n) is 4.61. The highest BCUT2D eigenvalue weighted by Crippen LogP contribution is 2.30. The number of benzene rings is 2. The average Bonchev–Trinajstić information content (AvgIpc) is 2.67. The number of nitro groups is 1. The number of carbonyl (C=O) groups excluding carboxylic acids is 1. The summed E-state index contributed by atoms with van der Waals surface area (Å²) in [5.41, 5.74) is 1.85. The van der Waals surface area contributed by atoms with Crippen LogP contribution in [0.2, 0.25) is 5.02 Å². The summed E-state index contributed by atoms with van der Waals surface area (Å²) in [6.07, 6.45) is 2.73. The molecule has 2 aromatic carbocycles. The second-order valence-corrected chi connectivity index (χ2v) is 7.03. The van der Waals surface area contributed by atoms with Crippen LogP contribution in [-0.4, -0.2) is 49.0 Å². The molecule has 1 aliphatic rings. The fourth-order valence-electron chi connectivity index (χ4n) is 3.07. The Labute approximate surface area is 168 Å². The van der Waals surface area contributed by atoms with Crippen LogP contribution in [-0.2, 0) is 4.79 Å². The fraction of sp³-hybridized carbons (Fsp3) is 0.250. The van der Waals surface area contributed by atoms with E-state index in [4.69, 9.17) is 11.6 Å². The first kappa shape index (κ1) is 19.9. The normalized spacial score (nSPS) is 15.0. The van der Waals surface area contributed by atoms with E-state index in [1.165, 1.54) is 18.2 Å². The molecule has 0 aromatic heterocycles. The van der Waals surface area contributed by atoms with Gasteiger partial charge in [0.1, 0.15) is 0 Å². The van der Waals surface area contributed by atoms with E-state index in [9.17, 15) is 14.9 Å². The van der Waals surface area contributed by atoms with Crippen LogP contribution in [0, 0.1) is 10.1 Å². The van der Waals surface area contributed by atoms with Crippen molar-refractivity contribution >= 4 is 40.6 Å². The van der Waals surface area contributed by atoms with Crippen molar-refractivity contribution in [3.8, 4) is 0 Å². The number of likely N-dealkylation sites (N-methyl/N-ethyl adjacent to an activating group) is 1. The van der Waals surface area contributed by atoms with Crippen LogP contribution in [0.15, 0.2) is 48.5 Å². The van der Waals surface area contributed by atoms with E-state index in [1.54, 1.807) is 30.3 Å². The summed E-state index contributed by atoms with van der Waals surface area (Å²) in [7, 11) is 2.08. The SMILES string of the molecule is CN1CCN(c2ccc(Cl)cc2NC(=O)C=Cc2ccccc2[N+](=O)[O-])CC1. The van der Waals surface area contributed by atoms with E-state index >= 15 is 0 Å². The van der Waals surface area contributed by atoms with Gasteiger partial charge in [0.25, 0.3) is 5.69 Å². The zero-order chi connectivity index (χ0) is 20.1. The molecular weight excluding hydrogens is 380 g/mol. The Bertz CT molecular complexity index is 908. The Kier molecular flexibility index (Phi) is 6.28.